The van der Waals surface area contributed by atoms with Gasteiger partial charge in [-0.05, 0) is 29.7 Å². The van der Waals surface area contributed by atoms with Gasteiger partial charge in [-0.25, -0.2) is 0 Å². The zero-order chi connectivity index (χ0) is 12.1. The maximum absolute atomic E-state index is 9.52. The van der Waals surface area contributed by atoms with Crippen LogP contribution in [0.25, 0.3) is 0 Å². The van der Waals surface area contributed by atoms with Gasteiger partial charge in [-0.2, -0.15) is 0 Å². The highest BCUT2D eigenvalue weighted by atomic mass is 79.9. The summed E-state index contributed by atoms with van der Waals surface area (Å²) in [6, 6.07) is 18.4. The van der Waals surface area contributed by atoms with Gasteiger partial charge in [0.2, 0.25) is 0 Å². The standard InChI is InChI=1S/C15H15BrO/c16-15-8-4-7-13(10-15)14(11-17)9-12-5-2-1-3-6-12/h1-8,10,14,17H,9,11H2. The molecule has 0 aliphatic heterocycles. The molecule has 0 radical (unpaired) electrons. The van der Waals surface area contributed by atoms with E-state index in [0.717, 1.165) is 10.9 Å². The molecule has 0 amide bonds. The lowest BCUT2D eigenvalue weighted by Crippen LogP contribution is -2.07. The van der Waals surface area contributed by atoms with Crippen molar-refractivity contribution in [1.29, 1.82) is 0 Å². The zero-order valence-electron chi connectivity index (χ0n) is 9.51. The maximum Gasteiger partial charge on any atom is 0.0502 e. The summed E-state index contributed by atoms with van der Waals surface area (Å²) in [5, 5.41) is 9.52. The first-order chi connectivity index (χ1) is 8.29. The first kappa shape index (κ1) is 12.3. The molecule has 0 saturated carbocycles. The van der Waals surface area contributed by atoms with Crippen molar-refractivity contribution in [2.45, 2.75) is 12.3 Å². The molecule has 0 spiro atoms. The van der Waals surface area contributed by atoms with Crippen LogP contribution in [0.1, 0.15) is 17.0 Å². The Hall–Kier alpha value is -1.12. The first-order valence-corrected chi connectivity index (χ1v) is 6.49. The number of rotatable bonds is 4. The third-order valence-electron chi connectivity index (χ3n) is 2.87. The molecule has 88 valence electrons. The molecule has 0 heterocycles. The lowest BCUT2D eigenvalue weighted by atomic mass is 9.93. The predicted molar refractivity (Wildman–Crippen MR) is 74.1 cm³/mol. The van der Waals surface area contributed by atoms with Crippen molar-refractivity contribution >= 4 is 15.9 Å². The number of hydrogen-bond acceptors (Lipinski definition) is 1. The largest absolute Gasteiger partial charge is 0.396 e. The van der Waals surface area contributed by atoms with Crippen LogP contribution in [0.2, 0.25) is 0 Å². The fraction of sp³-hybridized carbons (Fsp3) is 0.200. The summed E-state index contributed by atoms with van der Waals surface area (Å²) >= 11 is 3.46. The quantitative estimate of drug-likeness (QED) is 0.909. The van der Waals surface area contributed by atoms with Crippen molar-refractivity contribution in [2.75, 3.05) is 6.61 Å². The normalized spacial score (nSPS) is 12.4. The Morgan fingerprint density at radius 3 is 2.41 bits per heavy atom. The Morgan fingerprint density at radius 1 is 1.00 bits per heavy atom. The molecular formula is C15H15BrO. The molecule has 2 heteroatoms. The average Bonchev–Trinajstić information content (AvgIpc) is 2.37. The highest BCUT2D eigenvalue weighted by Gasteiger charge is 2.11. The van der Waals surface area contributed by atoms with E-state index >= 15 is 0 Å². The second-order valence-electron chi connectivity index (χ2n) is 4.12. The maximum atomic E-state index is 9.52. The van der Waals surface area contributed by atoms with Crippen molar-refractivity contribution < 1.29 is 5.11 Å². The summed E-state index contributed by atoms with van der Waals surface area (Å²) in [6.45, 7) is 0.172. The molecule has 0 bridgehead atoms. The minimum absolute atomic E-state index is 0.162. The van der Waals surface area contributed by atoms with Crippen LogP contribution in [0.3, 0.4) is 0 Å². The van der Waals surface area contributed by atoms with E-state index in [1.165, 1.54) is 11.1 Å². The molecule has 1 nitrogen and oxygen atoms in total. The zero-order valence-corrected chi connectivity index (χ0v) is 11.1. The summed E-state index contributed by atoms with van der Waals surface area (Å²) < 4.78 is 1.06. The molecule has 2 rings (SSSR count). The van der Waals surface area contributed by atoms with Crippen LogP contribution < -0.4 is 0 Å². The highest BCUT2D eigenvalue weighted by molar-refractivity contribution is 9.10. The molecule has 0 aliphatic carbocycles. The van der Waals surface area contributed by atoms with Crippen LogP contribution in [0.15, 0.2) is 59.1 Å². The lowest BCUT2D eigenvalue weighted by molar-refractivity contribution is 0.264. The van der Waals surface area contributed by atoms with E-state index in [0.29, 0.717) is 0 Å². The van der Waals surface area contributed by atoms with Crippen LogP contribution in [0.4, 0.5) is 0 Å². The Morgan fingerprint density at radius 2 is 1.76 bits per heavy atom. The lowest BCUT2D eigenvalue weighted by Gasteiger charge is -2.15. The molecule has 2 aromatic carbocycles. The van der Waals surface area contributed by atoms with Gasteiger partial charge < -0.3 is 5.11 Å². The molecule has 0 fully saturated rings. The molecule has 1 unspecified atom stereocenters. The van der Waals surface area contributed by atoms with Crippen molar-refractivity contribution in [3.8, 4) is 0 Å². The summed E-state index contributed by atoms with van der Waals surface area (Å²) in [4.78, 5) is 0. The molecular weight excluding hydrogens is 276 g/mol. The molecule has 0 aliphatic rings. The second-order valence-corrected chi connectivity index (χ2v) is 5.04. The number of aliphatic hydroxyl groups excluding tert-OH is 1. The first-order valence-electron chi connectivity index (χ1n) is 5.70. The van der Waals surface area contributed by atoms with E-state index in [4.69, 9.17) is 0 Å². The smallest absolute Gasteiger partial charge is 0.0502 e. The summed E-state index contributed by atoms with van der Waals surface area (Å²) in [5.74, 6) is 0.162. The van der Waals surface area contributed by atoms with Crippen LogP contribution in [-0.2, 0) is 6.42 Å². The van der Waals surface area contributed by atoms with Gasteiger partial charge in [-0.3, -0.25) is 0 Å². The van der Waals surface area contributed by atoms with E-state index in [1.807, 2.05) is 30.3 Å². The second kappa shape index (κ2) is 5.99. The average molecular weight is 291 g/mol. The van der Waals surface area contributed by atoms with Gasteiger partial charge in [0.1, 0.15) is 0 Å². The van der Waals surface area contributed by atoms with Gasteiger partial charge in [0, 0.05) is 10.4 Å². The Labute approximate surface area is 110 Å². The Balaban J connectivity index is 2.17. The van der Waals surface area contributed by atoms with Crippen LogP contribution in [0.5, 0.6) is 0 Å². The van der Waals surface area contributed by atoms with Crippen LogP contribution in [0, 0.1) is 0 Å². The minimum atomic E-state index is 0.162. The third-order valence-corrected chi connectivity index (χ3v) is 3.36. The molecule has 0 aromatic heterocycles. The molecule has 1 N–H and O–H groups in total. The number of halogens is 1. The molecule has 2 aromatic rings. The van der Waals surface area contributed by atoms with E-state index in [-0.39, 0.29) is 12.5 Å². The molecule has 17 heavy (non-hydrogen) atoms. The summed E-state index contributed by atoms with van der Waals surface area (Å²) in [6.07, 6.45) is 0.869. The van der Waals surface area contributed by atoms with Gasteiger partial charge >= 0.3 is 0 Å². The molecule has 1 atom stereocenters. The fourth-order valence-electron chi connectivity index (χ4n) is 1.95. The Kier molecular flexibility index (Phi) is 4.35. The predicted octanol–water partition coefficient (Wildman–Crippen LogP) is 3.77. The van der Waals surface area contributed by atoms with Crippen molar-refractivity contribution in [2.24, 2.45) is 0 Å². The van der Waals surface area contributed by atoms with Crippen molar-refractivity contribution in [1.82, 2.24) is 0 Å². The van der Waals surface area contributed by atoms with Crippen molar-refractivity contribution in [3.63, 3.8) is 0 Å². The molecule has 0 saturated heterocycles. The van der Waals surface area contributed by atoms with Gasteiger partial charge in [0.25, 0.3) is 0 Å². The number of hydrogen-bond donors (Lipinski definition) is 1. The van der Waals surface area contributed by atoms with E-state index < -0.39 is 0 Å². The van der Waals surface area contributed by atoms with E-state index in [1.54, 1.807) is 0 Å². The fourth-order valence-corrected chi connectivity index (χ4v) is 2.36. The minimum Gasteiger partial charge on any atom is -0.396 e. The van der Waals surface area contributed by atoms with Crippen molar-refractivity contribution in [3.05, 3.63) is 70.2 Å². The number of aliphatic hydroxyl groups is 1. The SMILES string of the molecule is OCC(Cc1ccccc1)c1cccc(Br)c1. The summed E-state index contributed by atoms with van der Waals surface area (Å²) in [7, 11) is 0. The highest BCUT2D eigenvalue weighted by Crippen LogP contribution is 2.23. The monoisotopic (exact) mass is 290 g/mol. The van der Waals surface area contributed by atoms with Gasteiger partial charge in [-0.15, -0.1) is 0 Å². The van der Waals surface area contributed by atoms with E-state index in [9.17, 15) is 5.11 Å². The van der Waals surface area contributed by atoms with E-state index in [2.05, 4.69) is 40.2 Å². The van der Waals surface area contributed by atoms with Crippen LogP contribution >= 0.6 is 15.9 Å². The van der Waals surface area contributed by atoms with Gasteiger partial charge in [0.15, 0.2) is 0 Å². The van der Waals surface area contributed by atoms with Crippen LogP contribution in [-0.4, -0.2) is 11.7 Å². The number of benzene rings is 2. The van der Waals surface area contributed by atoms with Gasteiger partial charge in [-0.1, -0.05) is 58.4 Å². The summed E-state index contributed by atoms with van der Waals surface area (Å²) in [5.41, 5.74) is 2.43. The topological polar surface area (TPSA) is 20.2 Å². The Bertz CT molecular complexity index is 467. The third kappa shape index (κ3) is 3.42. The van der Waals surface area contributed by atoms with Gasteiger partial charge in [0.05, 0.1) is 6.61 Å².